The Kier molecular flexibility index (Phi) is 3.86. The van der Waals surface area contributed by atoms with Crippen LogP contribution in [-0.4, -0.2) is 17.0 Å². The second kappa shape index (κ2) is 5.57. The number of nitrogens with two attached hydrogens (primary N) is 1. The number of rotatable bonds is 3. The molecule has 1 aromatic carbocycles. The van der Waals surface area contributed by atoms with Crippen molar-refractivity contribution in [3.05, 3.63) is 52.4 Å². The number of anilines is 1. The number of carbonyl (C=O) groups excluding carboxylic acids is 1. The standard InChI is InChI=1S/C12H10BrN3O3/c13-10-5-4-9(19-10)12(17)15-8-3-1-2-7(6-8)11(14)16-18/h1-6,18H,(H2,14,16)(H,15,17). The largest absolute Gasteiger partial charge is 0.444 e. The summed E-state index contributed by atoms with van der Waals surface area (Å²) in [5.74, 6) is -0.236. The SMILES string of the molecule is N/C(=N/O)c1cccc(NC(=O)c2ccc(Br)o2)c1. The Morgan fingerprint density at radius 1 is 1.37 bits per heavy atom. The van der Waals surface area contributed by atoms with E-state index in [4.69, 9.17) is 15.4 Å². The van der Waals surface area contributed by atoms with Crippen LogP contribution in [0.2, 0.25) is 0 Å². The van der Waals surface area contributed by atoms with E-state index in [9.17, 15) is 4.79 Å². The third-order valence-corrected chi connectivity index (χ3v) is 2.75. The molecule has 0 atom stereocenters. The van der Waals surface area contributed by atoms with Crippen LogP contribution in [-0.2, 0) is 0 Å². The molecule has 2 aromatic rings. The molecule has 0 unspecified atom stereocenters. The lowest BCUT2D eigenvalue weighted by molar-refractivity contribution is 0.0995. The van der Waals surface area contributed by atoms with Gasteiger partial charge in [-0.2, -0.15) is 0 Å². The monoisotopic (exact) mass is 323 g/mol. The summed E-state index contributed by atoms with van der Waals surface area (Å²) in [7, 11) is 0. The van der Waals surface area contributed by atoms with Crippen LogP contribution >= 0.6 is 15.9 Å². The normalized spacial score (nSPS) is 11.3. The number of nitrogens with one attached hydrogen (secondary N) is 1. The number of furan rings is 1. The van der Waals surface area contributed by atoms with Gasteiger partial charge in [-0.1, -0.05) is 17.3 Å². The van der Waals surface area contributed by atoms with Crippen LogP contribution in [0, 0.1) is 0 Å². The van der Waals surface area contributed by atoms with Crippen molar-refractivity contribution in [2.24, 2.45) is 10.9 Å². The van der Waals surface area contributed by atoms with Gasteiger partial charge in [-0.25, -0.2) is 0 Å². The molecule has 0 aliphatic carbocycles. The molecule has 0 saturated carbocycles. The Labute approximate surface area is 117 Å². The molecule has 19 heavy (non-hydrogen) atoms. The lowest BCUT2D eigenvalue weighted by atomic mass is 10.2. The van der Waals surface area contributed by atoms with Crippen molar-refractivity contribution in [2.45, 2.75) is 0 Å². The first-order valence-corrected chi connectivity index (χ1v) is 6.04. The van der Waals surface area contributed by atoms with Crippen LogP contribution in [0.3, 0.4) is 0 Å². The van der Waals surface area contributed by atoms with Crippen molar-refractivity contribution in [3.63, 3.8) is 0 Å². The van der Waals surface area contributed by atoms with E-state index >= 15 is 0 Å². The number of hydrogen-bond donors (Lipinski definition) is 3. The van der Waals surface area contributed by atoms with Crippen molar-refractivity contribution < 1.29 is 14.4 Å². The van der Waals surface area contributed by atoms with Gasteiger partial charge in [0, 0.05) is 11.3 Å². The maximum atomic E-state index is 11.8. The second-order valence-electron chi connectivity index (χ2n) is 3.62. The Morgan fingerprint density at radius 2 is 2.16 bits per heavy atom. The van der Waals surface area contributed by atoms with E-state index in [1.807, 2.05) is 0 Å². The first-order valence-electron chi connectivity index (χ1n) is 5.25. The summed E-state index contributed by atoms with van der Waals surface area (Å²) in [6.07, 6.45) is 0. The molecule has 4 N–H and O–H groups in total. The van der Waals surface area contributed by atoms with Crippen LogP contribution in [0.25, 0.3) is 0 Å². The van der Waals surface area contributed by atoms with E-state index in [0.717, 1.165) is 0 Å². The number of carbonyl (C=O) groups is 1. The molecule has 7 heteroatoms. The highest BCUT2D eigenvalue weighted by Gasteiger charge is 2.11. The zero-order chi connectivity index (χ0) is 13.8. The fourth-order valence-electron chi connectivity index (χ4n) is 1.44. The molecule has 1 amide bonds. The third-order valence-electron chi connectivity index (χ3n) is 2.32. The minimum Gasteiger partial charge on any atom is -0.444 e. The van der Waals surface area contributed by atoms with Gasteiger partial charge in [-0.15, -0.1) is 0 Å². The summed E-state index contributed by atoms with van der Waals surface area (Å²) < 4.78 is 5.61. The molecule has 98 valence electrons. The minimum atomic E-state index is -0.387. The van der Waals surface area contributed by atoms with E-state index < -0.39 is 0 Å². The molecule has 0 fully saturated rings. The summed E-state index contributed by atoms with van der Waals surface area (Å²) in [5, 5.41) is 14.1. The van der Waals surface area contributed by atoms with Gasteiger partial charge in [-0.3, -0.25) is 4.79 Å². The Morgan fingerprint density at radius 3 is 2.79 bits per heavy atom. The zero-order valence-electron chi connectivity index (χ0n) is 9.63. The molecule has 0 saturated heterocycles. The topological polar surface area (TPSA) is 101 Å². The predicted molar refractivity (Wildman–Crippen MR) is 73.3 cm³/mol. The third kappa shape index (κ3) is 3.14. The molecule has 0 bridgehead atoms. The highest BCUT2D eigenvalue weighted by molar-refractivity contribution is 9.10. The second-order valence-corrected chi connectivity index (χ2v) is 4.41. The molecule has 0 spiro atoms. The highest BCUT2D eigenvalue weighted by Crippen LogP contribution is 2.16. The number of nitrogens with zero attached hydrogens (tertiary/aromatic N) is 1. The Hall–Kier alpha value is -2.28. The smallest absolute Gasteiger partial charge is 0.291 e. The van der Waals surface area contributed by atoms with Crippen molar-refractivity contribution in [2.75, 3.05) is 5.32 Å². The van der Waals surface area contributed by atoms with Gasteiger partial charge < -0.3 is 20.7 Å². The van der Waals surface area contributed by atoms with E-state index in [1.54, 1.807) is 36.4 Å². The number of amides is 1. The van der Waals surface area contributed by atoms with Crippen molar-refractivity contribution >= 4 is 33.4 Å². The minimum absolute atomic E-state index is 0.0307. The van der Waals surface area contributed by atoms with Gasteiger partial charge in [0.05, 0.1) is 0 Å². The van der Waals surface area contributed by atoms with Gasteiger partial charge >= 0.3 is 0 Å². The molecule has 0 aliphatic rings. The van der Waals surface area contributed by atoms with Gasteiger partial charge in [0.25, 0.3) is 5.91 Å². The van der Waals surface area contributed by atoms with Crippen LogP contribution < -0.4 is 11.1 Å². The maximum absolute atomic E-state index is 11.8. The molecule has 0 aliphatic heterocycles. The van der Waals surface area contributed by atoms with Crippen LogP contribution in [0.4, 0.5) is 5.69 Å². The summed E-state index contributed by atoms with van der Waals surface area (Å²) in [6.45, 7) is 0. The number of benzene rings is 1. The quantitative estimate of drug-likeness (QED) is 0.349. The lowest BCUT2D eigenvalue weighted by Gasteiger charge is -2.05. The molecular formula is C12H10BrN3O3. The van der Waals surface area contributed by atoms with Crippen molar-refractivity contribution in [1.29, 1.82) is 0 Å². The first-order chi connectivity index (χ1) is 9.10. The fourth-order valence-corrected chi connectivity index (χ4v) is 1.75. The fraction of sp³-hybridized carbons (Fsp3) is 0. The van der Waals surface area contributed by atoms with E-state index in [1.165, 1.54) is 0 Å². The molecular weight excluding hydrogens is 314 g/mol. The van der Waals surface area contributed by atoms with Gasteiger partial charge in [-0.05, 0) is 40.2 Å². The molecule has 0 radical (unpaired) electrons. The van der Waals surface area contributed by atoms with E-state index in [2.05, 4.69) is 26.4 Å². The highest BCUT2D eigenvalue weighted by atomic mass is 79.9. The number of hydrogen-bond acceptors (Lipinski definition) is 4. The number of amidine groups is 1. The summed E-state index contributed by atoms with van der Waals surface area (Å²) in [4.78, 5) is 11.8. The molecule has 1 heterocycles. The van der Waals surface area contributed by atoms with Gasteiger partial charge in [0.2, 0.25) is 0 Å². The molecule has 6 nitrogen and oxygen atoms in total. The van der Waals surface area contributed by atoms with E-state index in [0.29, 0.717) is 15.9 Å². The summed E-state index contributed by atoms with van der Waals surface area (Å²) in [5.41, 5.74) is 6.49. The summed E-state index contributed by atoms with van der Waals surface area (Å²) in [6, 6.07) is 9.79. The van der Waals surface area contributed by atoms with Gasteiger partial charge in [0.15, 0.2) is 16.3 Å². The maximum Gasteiger partial charge on any atom is 0.291 e. The zero-order valence-corrected chi connectivity index (χ0v) is 11.2. The summed E-state index contributed by atoms with van der Waals surface area (Å²) >= 11 is 3.12. The number of halogens is 1. The van der Waals surface area contributed by atoms with E-state index in [-0.39, 0.29) is 17.5 Å². The Bertz CT molecular complexity index is 637. The molecule has 1 aromatic heterocycles. The predicted octanol–water partition coefficient (Wildman–Crippen LogP) is 2.39. The molecule has 2 rings (SSSR count). The Balaban J connectivity index is 2.17. The number of oxime groups is 1. The van der Waals surface area contributed by atoms with Crippen LogP contribution in [0.1, 0.15) is 16.1 Å². The lowest BCUT2D eigenvalue weighted by Crippen LogP contribution is -2.15. The van der Waals surface area contributed by atoms with Crippen molar-refractivity contribution in [3.8, 4) is 0 Å². The first kappa shape index (κ1) is 13.2. The van der Waals surface area contributed by atoms with Crippen LogP contribution in [0.15, 0.2) is 50.6 Å². The van der Waals surface area contributed by atoms with Crippen molar-refractivity contribution in [1.82, 2.24) is 0 Å². The van der Waals surface area contributed by atoms with Gasteiger partial charge in [0.1, 0.15) is 0 Å². The average Bonchev–Trinajstić information content (AvgIpc) is 2.85. The van der Waals surface area contributed by atoms with Crippen LogP contribution in [0.5, 0.6) is 0 Å². The average molecular weight is 324 g/mol.